The molecule has 0 atom stereocenters. The van der Waals surface area contributed by atoms with Crippen molar-refractivity contribution in [2.24, 2.45) is 0 Å². The molecule has 92 valence electrons. The van der Waals surface area contributed by atoms with E-state index in [9.17, 15) is 5.11 Å². The van der Waals surface area contributed by atoms with Gasteiger partial charge in [0, 0.05) is 0 Å². The molecule has 2 nitrogen and oxygen atoms in total. The van der Waals surface area contributed by atoms with Gasteiger partial charge in [0.1, 0.15) is 17.5 Å². The van der Waals surface area contributed by atoms with Crippen molar-refractivity contribution in [2.45, 2.75) is 45.1 Å². The third-order valence-electron chi connectivity index (χ3n) is 2.52. The SMILES string of the molecule is CCCC(O)(C#COc1ccccc1)CCC. The fourth-order valence-electron chi connectivity index (χ4n) is 1.75. The monoisotopic (exact) mass is 232 g/mol. The molecule has 0 bridgehead atoms. The van der Waals surface area contributed by atoms with E-state index in [-0.39, 0.29) is 0 Å². The standard InChI is InChI=1S/C15H20O2/c1-3-10-15(16,11-4-2)12-13-17-14-8-6-5-7-9-14/h5-9,16H,3-4,10-11H2,1-2H3. The van der Waals surface area contributed by atoms with Crippen LogP contribution in [0.1, 0.15) is 39.5 Å². The minimum absolute atomic E-state index is 0.686. The highest BCUT2D eigenvalue weighted by molar-refractivity contribution is 5.24. The van der Waals surface area contributed by atoms with Gasteiger partial charge in [-0.3, -0.25) is 0 Å². The van der Waals surface area contributed by atoms with Gasteiger partial charge in [-0.25, -0.2) is 0 Å². The average Bonchev–Trinajstić information content (AvgIpc) is 2.31. The zero-order chi connectivity index (χ0) is 12.6. The molecule has 2 heteroatoms. The minimum atomic E-state index is -0.904. The first-order valence-electron chi connectivity index (χ1n) is 6.16. The average molecular weight is 232 g/mol. The molecule has 1 rings (SSSR count). The molecule has 0 heterocycles. The molecule has 0 aromatic heterocycles. The van der Waals surface area contributed by atoms with Crippen LogP contribution < -0.4 is 4.74 Å². The number of benzene rings is 1. The van der Waals surface area contributed by atoms with Crippen molar-refractivity contribution in [2.75, 3.05) is 0 Å². The first kappa shape index (κ1) is 13.6. The quantitative estimate of drug-likeness (QED) is 0.789. The lowest BCUT2D eigenvalue weighted by atomic mass is 9.94. The summed E-state index contributed by atoms with van der Waals surface area (Å²) in [6, 6.07) is 9.38. The summed E-state index contributed by atoms with van der Waals surface area (Å²) in [5.74, 6) is 3.53. The lowest BCUT2D eigenvalue weighted by Crippen LogP contribution is -2.26. The molecule has 0 saturated carbocycles. The Morgan fingerprint density at radius 1 is 1.12 bits per heavy atom. The van der Waals surface area contributed by atoms with E-state index >= 15 is 0 Å². The largest absolute Gasteiger partial charge is 0.407 e. The van der Waals surface area contributed by atoms with Gasteiger partial charge in [0.2, 0.25) is 0 Å². The van der Waals surface area contributed by atoms with E-state index < -0.39 is 5.60 Å². The lowest BCUT2D eigenvalue weighted by Gasteiger charge is -2.20. The van der Waals surface area contributed by atoms with Crippen molar-refractivity contribution >= 4 is 0 Å². The van der Waals surface area contributed by atoms with Gasteiger partial charge in [-0.15, -0.1) is 0 Å². The van der Waals surface area contributed by atoms with E-state index in [0.29, 0.717) is 18.6 Å². The van der Waals surface area contributed by atoms with Crippen LogP contribution in [0.4, 0.5) is 0 Å². The van der Waals surface area contributed by atoms with Gasteiger partial charge in [0.05, 0.1) is 0 Å². The predicted octanol–water partition coefficient (Wildman–Crippen LogP) is 3.36. The molecule has 17 heavy (non-hydrogen) atoms. The second kappa shape index (κ2) is 6.98. The van der Waals surface area contributed by atoms with E-state index in [1.807, 2.05) is 44.2 Å². The van der Waals surface area contributed by atoms with Crippen molar-refractivity contribution in [1.29, 1.82) is 0 Å². The number of hydrogen-bond donors (Lipinski definition) is 1. The van der Waals surface area contributed by atoms with E-state index in [1.165, 1.54) is 0 Å². The number of rotatable bonds is 5. The van der Waals surface area contributed by atoms with Crippen LogP contribution in [0.25, 0.3) is 0 Å². The van der Waals surface area contributed by atoms with Crippen LogP contribution >= 0.6 is 0 Å². The molecular formula is C15H20O2. The smallest absolute Gasteiger partial charge is 0.140 e. The molecule has 0 saturated heterocycles. The molecule has 0 unspecified atom stereocenters. The van der Waals surface area contributed by atoms with Crippen LogP contribution in [0, 0.1) is 12.0 Å². The van der Waals surface area contributed by atoms with E-state index in [0.717, 1.165) is 12.8 Å². The summed E-state index contributed by atoms with van der Waals surface area (Å²) in [6.45, 7) is 4.08. The number of para-hydroxylation sites is 1. The first-order chi connectivity index (χ1) is 8.20. The summed E-state index contributed by atoms with van der Waals surface area (Å²) in [5, 5.41) is 10.2. The summed E-state index contributed by atoms with van der Waals surface area (Å²) in [6.07, 6.45) is 5.81. The van der Waals surface area contributed by atoms with Gasteiger partial charge in [-0.05, 0) is 30.9 Å². The first-order valence-corrected chi connectivity index (χ1v) is 6.16. The lowest BCUT2D eigenvalue weighted by molar-refractivity contribution is 0.0801. The van der Waals surface area contributed by atoms with E-state index in [4.69, 9.17) is 4.74 Å². The van der Waals surface area contributed by atoms with Crippen LogP contribution in [0.5, 0.6) is 5.75 Å². The molecule has 0 spiro atoms. The van der Waals surface area contributed by atoms with Crippen LogP contribution in [0.15, 0.2) is 30.3 Å². The number of ether oxygens (including phenoxy) is 1. The van der Waals surface area contributed by atoms with E-state index in [2.05, 4.69) is 12.0 Å². The third kappa shape index (κ3) is 4.93. The molecule has 1 N–H and O–H groups in total. The Labute approximate surface area is 104 Å². The Morgan fingerprint density at radius 2 is 1.71 bits per heavy atom. The van der Waals surface area contributed by atoms with E-state index in [1.54, 1.807) is 0 Å². The maximum absolute atomic E-state index is 10.2. The topological polar surface area (TPSA) is 29.5 Å². The molecule has 0 radical (unpaired) electrons. The van der Waals surface area contributed by atoms with Crippen molar-refractivity contribution in [3.8, 4) is 17.8 Å². The van der Waals surface area contributed by atoms with Gasteiger partial charge in [-0.1, -0.05) is 44.9 Å². The molecule has 0 aliphatic carbocycles. The third-order valence-corrected chi connectivity index (χ3v) is 2.52. The second-order valence-corrected chi connectivity index (χ2v) is 4.17. The Hall–Kier alpha value is -1.46. The van der Waals surface area contributed by atoms with Gasteiger partial charge >= 0.3 is 0 Å². The molecule has 1 aromatic carbocycles. The highest BCUT2D eigenvalue weighted by Crippen LogP contribution is 2.18. The maximum atomic E-state index is 10.2. The molecule has 0 aliphatic rings. The Balaban J connectivity index is 2.62. The zero-order valence-corrected chi connectivity index (χ0v) is 10.6. The van der Waals surface area contributed by atoms with Crippen molar-refractivity contribution in [3.63, 3.8) is 0 Å². The maximum Gasteiger partial charge on any atom is 0.140 e. The normalized spacial score (nSPS) is 10.5. The fraction of sp³-hybridized carbons (Fsp3) is 0.467. The predicted molar refractivity (Wildman–Crippen MR) is 69.6 cm³/mol. The Bertz CT molecular complexity index is 367. The van der Waals surface area contributed by atoms with Gasteiger partial charge < -0.3 is 9.84 Å². The molecule has 1 aromatic rings. The van der Waals surface area contributed by atoms with Gasteiger partial charge in [0.15, 0.2) is 0 Å². The number of hydrogen-bond acceptors (Lipinski definition) is 2. The molecule has 0 amide bonds. The minimum Gasteiger partial charge on any atom is -0.407 e. The van der Waals surface area contributed by atoms with Crippen LogP contribution in [-0.2, 0) is 0 Å². The highest BCUT2D eigenvalue weighted by Gasteiger charge is 2.21. The molecule has 0 aliphatic heterocycles. The fourth-order valence-corrected chi connectivity index (χ4v) is 1.75. The summed E-state index contributed by atoms with van der Waals surface area (Å²) >= 11 is 0. The van der Waals surface area contributed by atoms with Crippen LogP contribution in [0.2, 0.25) is 0 Å². The second-order valence-electron chi connectivity index (χ2n) is 4.17. The van der Waals surface area contributed by atoms with Crippen molar-refractivity contribution in [1.82, 2.24) is 0 Å². The summed E-state index contributed by atoms with van der Waals surface area (Å²) in [5.41, 5.74) is -0.904. The van der Waals surface area contributed by atoms with Crippen LogP contribution in [0.3, 0.4) is 0 Å². The van der Waals surface area contributed by atoms with Crippen molar-refractivity contribution in [3.05, 3.63) is 30.3 Å². The van der Waals surface area contributed by atoms with Gasteiger partial charge in [-0.2, -0.15) is 0 Å². The Morgan fingerprint density at radius 3 is 2.24 bits per heavy atom. The highest BCUT2D eigenvalue weighted by atomic mass is 16.5. The number of aliphatic hydroxyl groups is 1. The molecule has 0 fully saturated rings. The molecular weight excluding hydrogens is 212 g/mol. The Kier molecular flexibility index (Phi) is 5.59. The van der Waals surface area contributed by atoms with Crippen molar-refractivity contribution < 1.29 is 9.84 Å². The van der Waals surface area contributed by atoms with Crippen LogP contribution in [-0.4, -0.2) is 10.7 Å². The summed E-state index contributed by atoms with van der Waals surface area (Å²) < 4.78 is 5.27. The zero-order valence-electron chi connectivity index (χ0n) is 10.6. The summed E-state index contributed by atoms with van der Waals surface area (Å²) in [4.78, 5) is 0. The van der Waals surface area contributed by atoms with Gasteiger partial charge in [0.25, 0.3) is 0 Å². The summed E-state index contributed by atoms with van der Waals surface area (Å²) in [7, 11) is 0.